The fourth-order valence-electron chi connectivity index (χ4n) is 3.22. The predicted octanol–water partition coefficient (Wildman–Crippen LogP) is 4.64. The number of alkyl carbamates (subject to hydrolysis) is 1. The molecule has 0 heterocycles. The Hall–Kier alpha value is -2.88. The second kappa shape index (κ2) is 10.8. The summed E-state index contributed by atoms with van der Waals surface area (Å²) < 4.78 is 31.7. The molecule has 33 heavy (non-hydrogen) atoms. The highest BCUT2D eigenvalue weighted by atomic mass is 35.5. The quantitative estimate of drug-likeness (QED) is 0.456. The van der Waals surface area contributed by atoms with Gasteiger partial charge in [0.1, 0.15) is 6.04 Å². The van der Waals surface area contributed by atoms with Gasteiger partial charge in [-0.05, 0) is 60.2 Å². The van der Waals surface area contributed by atoms with Crippen LogP contribution < -0.4 is 5.32 Å². The predicted molar refractivity (Wildman–Crippen MR) is 133 cm³/mol. The van der Waals surface area contributed by atoms with E-state index < -0.39 is 22.0 Å². The summed E-state index contributed by atoms with van der Waals surface area (Å²) in [6, 6.07) is 14.2. The fraction of sp³-hybridized carbons (Fsp3) is 0.174. The van der Waals surface area contributed by atoms with Crippen LogP contribution in [0.4, 0.5) is 4.79 Å². The molecule has 0 saturated carbocycles. The Morgan fingerprint density at radius 2 is 1.82 bits per heavy atom. The van der Waals surface area contributed by atoms with Crippen LogP contribution in [0.1, 0.15) is 5.56 Å². The number of methoxy groups -OCH3 is 1. The summed E-state index contributed by atoms with van der Waals surface area (Å²) in [7, 11) is -2.65. The van der Waals surface area contributed by atoms with Crippen molar-refractivity contribution in [2.24, 2.45) is 4.99 Å². The van der Waals surface area contributed by atoms with Gasteiger partial charge >= 0.3 is 6.09 Å². The summed E-state index contributed by atoms with van der Waals surface area (Å²) in [6.07, 6.45) is 4.09. The molecule has 2 aromatic carbocycles. The van der Waals surface area contributed by atoms with Gasteiger partial charge < -0.3 is 10.1 Å². The summed E-state index contributed by atoms with van der Waals surface area (Å²) in [4.78, 5) is 16.4. The second-order valence-corrected chi connectivity index (χ2v) is 10.1. The number of amidine groups is 1. The van der Waals surface area contributed by atoms with Crippen molar-refractivity contribution < 1.29 is 17.9 Å². The number of hydrogen-bond donors (Lipinski definition) is 2. The van der Waals surface area contributed by atoms with E-state index in [1.54, 1.807) is 48.7 Å². The third-order valence-electron chi connectivity index (χ3n) is 4.84. The minimum atomic E-state index is -3.88. The smallest absolute Gasteiger partial charge is 0.412 e. The zero-order valence-corrected chi connectivity index (χ0v) is 20.3. The molecule has 2 N–H and O–H groups in total. The van der Waals surface area contributed by atoms with Gasteiger partial charge in [0.15, 0.2) is 5.17 Å². The topological polar surface area (TPSA) is 109 Å². The maximum atomic E-state index is 13.5. The van der Waals surface area contributed by atoms with Gasteiger partial charge in [0.25, 0.3) is 0 Å². The van der Waals surface area contributed by atoms with E-state index in [9.17, 15) is 13.2 Å². The zero-order valence-electron chi connectivity index (χ0n) is 17.9. The number of amides is 1. The van der Waals surface area contributed by atoms with Crippen LogP contribution in [0.3, 0.4) is 0 Å². The number of nitrogens with zero attached hydrogens (tertiary/aromatic N) is 1. The summed E-state index contributed by atoms with van der Waals surface area (Å²) in [6.45, 7) is 0. The largest absolute Gasteiger partial charge is 0.453 e. The van der Waals surface area contributed by atoms with Gasteiger partial charge in [-0.3, -0.25) is 5.32 Å². The number of benzene rings is 2. The van der Waals surface area contributed by atoms with Crippen LogP contribution >= 0.6 is 23.4 Å². The lowest BCUT2D eigenvalue weighted by atomic mass is 9.92. The summed E-state index contributed by atoms with van der Waals surface area (Å²) in [5, 5.41) is 11.7. The average molecular weight is 504 g/mol. The highest BCUT2D eigenvalue weighted by Crippen LogP contribution is 2.32. The minimum absolute atomic E-state index is 0.0759. The maximum Gasteiger partial charge on any atom is 0.412 e. The molecule has 1 unspecified atom stereocenters. The minimum Gasteiger partial charge on any atom is -0.453 e. The lowest BCUT2D eigenvalue weighted by molar-refractivity contribution is 0.177. The van der Waals surface area contributed by atoms with E-state index in [4.69, 9.17) is 17.0 Å². The Labute approximate surface area is 202 Å². The van der Waals surface area contributed by atoms with E-state index in [-0.39, 0.29) is 27.1 Å². The van der Waals surface area contributed by atoms with Crippen LogP contribution in [0.2, 0.25) is 5.02 Å². The fourth-order valence-corrected chi connectivity index (χ4v) is 5.29. The number of ether oxygens (including phenoxy) is 1. The van der Waals surface area contributed by atoms with Crippen molar-refractivity contribution in [1.82, 2.24) is 5.32 Å². The molecule has 0 spiro atoms. The second-order valence-electron chi connectivity index (χ2n) is 6.96. The van der Waals surface area contributed by atoms with E-state index in [0.717, 1.165) is 17.3 Å². The summed E-state index contributed by atoms with van der Waals surface area (Å²) in [5.41, 5.74) is 1.33. The van der Waals surface area contributed by atoms with Crippen LogP contribution in [-0.2, 0) is 21.0 Å². The Morgan fingerprint density at radius 3 is 2.42 bits per heavy atom. The van der Waals surface area contributed by atoms with Gasteiger partial charge in [-0.1, -0.05) is 53.7 Å². The van der Waals surface area contributed by atoms with Crippen LogP contribution in [0.15, 0.2) is 87.1 Å². The summed E-state index contributed by atoms with van der Waals surface area (Å²) >= 11 is 7.16. The zero-order chi connectivity index (χ0) is 24.0. The SMILES string of the molecule is COC(=O)NC(=NC1C(=N)C=CC(S(=O)(=O)c2ccccc2)=C1Cc1ccc(Cl)cc1)SC. The van der Waals surface area contributed by atoms with E-state index in [1.165, 1.54) is 31.4 Å². The van der Waals surface area contributed by atoms with Gasteiger partial charge in [0, 0.05) is 5.02 Å². The number of thioether (sulfide) groups is 1. The van der Waals surface area contributed by atoms with Crippen molar-refractivity contribution in [3.05, 3.63) is 87.8 Å². The molecule has 7 nitrogen and oxygen atoms in total. The Balaban J connectivity index is 2.17. The Bertz CT molecular complexity index is 1240. The number of hydrogen-bond acceptors (Lipinski definition) is 7. The van der Waals surface area contributed by atoms with Crippen molar-refractivity contribution >= 4 is 50.2 Å². The first-order valence-electron chi connectivity index (χ1n) is 9.77. The van der Waals surface area contributed by atoms with Crippen molar-refractivity contribution in [2.45, 2.75) is 17.4 Å². The number of allylic oxidation sites excluding steroid dienone is 1. The van der Waals surface area contributed by atoms with Gasteiger partial charge in [-0.2, -0.15) is 0 Å². The van der Waals surface area contributed by atoms with Crippen LogP contribution in [0, 0.1) is 5.41 Å². The van der Waals surface area contributed by atoms with Crippen molar-refractivity contribution in [2.75, 3.05) is 13.4 Å². The number of carbonyl (C=O) groups excluding carboxylic acids is 1. The third-order valence-corrected chi connectivity index (χ3v) is 7.56. The Kier molecular flexibility index (Phi) is 8.12. The first-order valence-corrected chi connectivity index (χ1v) is 12.9. The lowest BCUT2D eigenvalue weighted by Crippen LogP contribution is -2.33. The van der Waals surface area contributed by atoms with Crippen molar-refractivity contribution in [3.8, 4) is 0 Å². The molecular weight excluding hydrogens is 482 g/mol. The molecule has 10 heteroatoms. The number of aliphatic imine (C=N–C) groups is 1. The molecule has 172 valence electrons. The molecule has 1 amide bonds. The average Bonchev–Trinajstić information content (AvgIpc) is 2.82. The first-order chi connectivity index (χ1) is 15.8. The number of sulfone groups is 1. The molecule has 1 aliphatic rings. The number of halogens is 1. The van der Waals surface area contributed by atoms with E-state index in [1.807, 2.05) is 0 Å². The molecule has 0 fully saturated rings. The van der Waals surface area contributed by atoms with Crippen LogP contribution in [0.25, 0.3) is 0 Å². The Morgan fingerprint density at radius 1 is 1.15 bits per heavy atom. The molecule has 0 aliphatic heterocycles. The number of rotatable bonds is 5. The van der Waals surface area contributed by atoms with Crippen LogP contribution in [0.5, 0.6) is 0 Å². The molecular formula is C23H22ClN3O4S2. The molecule has 0 bridgehead atoms. The van der Waals surface area contributed by atoms with Gasteiger partial charge in [0.05, 0.1) is 22.6 Å². The van der Waals surface area contributed by atoms with Gasteiger partial charge in [0.2, 0.25) is 9.84 Å². The van der Waals surface area contributed by atoms with Crippen molar-refractivity contribution in [3.63, 3.8) is 0 Å². The normalized spacial score (nSPS) is 16.6. The molecule has 1 atom stereocenters. The molecule has 0 saturated heterocycles. The first kappa shape index (κ1) is 24.8. The summed E-state index contributed by atoms with van der Waals surface area (Å²) in [5.74, 6) is 0. The highest BCUT2D eigenvalue weighted by molar-refractivity contribution is 8.13. The van der Waals surface area contributed by atoms with Gasteiger partial charge in [-0.15, -0.1) is 0 Å². The van der Waals surface area contributed by atoms with E-state index >= 15 is 0 Å². The molecule has 1 aliphatic carbocycles. The van der Waals surface area contributed by atoms with Gasteiger partial charge in [-0.25, -0.2) is 18.2 Å². The molecule has 3 rings (SSSR count). The lowest BCUT2D eigenvalue weighted by Gasteiger charge is -2.24. The van der Waals surface area contributed by atoms with E-state index in [0.29, 0.717) is 10.6 Å². The van der Waals surface area contributed by atoms with Crippen molar-refractivity contribution in [1.29, 1.82) is 5.41 Å². The monoisotopic (exact) mass is 503 g/mol. The standard InChI is InChI=1S/C23H22ClN3O4S2/c1-31-23(28)27-22(32-2)26-21-18(14-15-8-10-16(24)11-9-15)20(13-12-19(21)25)33(29,30)17-6-4-3-5-7-17/h3-13,21,25H,14H2,1-2H3,(H,26,27,28). The van der Waals surface area contributed by atoms with E-state index in [2.05, 4.69) is 15.0 Å². The molecule has 0 aromatic heterocycles. The number of carbonyl (C=O) groups is 1. The maximum absolute atomic E-state index is 13.5. The number of nitrogens with one attached hydrogen (secondary N) is 2. The third kappa shape index (κ3) is 5.93. The van der Waals surface area contributed by atoms with Crippen LogP contribution in [-0.4, -0.2) is 44.8 Å². The highest BCUT2D eigenvalue weighted by Gasteiger charge is 2.32. The molecule has 2 aromatic rings. The molecule has 0 radical (unpaired) electrons.